The van der Waals surface area contributed by atoms with E-state index >= 15 is 0 Å². The van der Waals surface area contributed by atoms with Gasteiger partial charge in [0.1, 0.15) is 11.2 Å². The number of furan rings is 1. The van der Waals surface area contributed by atoms with E-state index in [4.69, 9.17) is 4.42 Å². The summed E-state index contributed by atoms with van der Waals surface area (Å²) in [5, 5.41) is 2.26. The maximum atomic E-state index is 6.31. The average molecular weight is 880 g/mol. The van der Waals surface area contributed by atoms with Crippen LogP contribution in [0.25, 0.3) is 77.6 Å². The van der Waals surface area contributed by atoms with Crippen molar-refractivity contribution < 1.29 is 4.42 Å². The normalized spacial score (nSPS) is 12.5. The van der Waals surface area contributed by atoms with Crippen molar-refractivity contribution in [2.24, 2.45) is 0 Å². The molecule has 1 aliphatic rings. The fourth-order valence-electron chi connectivity index (χ4n) is 11.1. The molecule has 0 spiro atoms. The predicted molar refractivity (Wildman–Crippen MR) is 287 cm³/mol. The minimum atomic E-state index is -0.466. The van der Waals surface area contributed by atoms with Crippen LogP contribution < -0.4 is 4.90 Å². The standard InChI is InChI=1S/C67H45NO/c1-4-18-46(19-5-1)47-34-36-48(37-35-47)55-24-11-14-31-62(55)68(54-44-40-50(41-45-54)57-28-17-33-64-66(57)59-26-12-15-32-63(59)69-64)53-42-38-49(39-43-53)56-27-16-30-61-65(56)58-25-10-13-29-60(58)67(61,51-20-6-2-7-21-51)52-22-8-3-9-23-52/h1-45H. The summed E-state index contributed by atoms with van der Waals surface area (Å²) in [6.07, 6.45) is 0. The fraction of sp³-hybridized carbons (Fsp3) is 0.0149. The van der Waals surface area contributed by atoms with Crippen LogP contribution in [0.5, 0.6) is 0 Å². The summed E-state index contributed by atoms with van der Waals surface area (Å²) in [6, 6.07) is 99.2. The molecule has 0 unspecified atom stereocenters. The van der Waals surface area contributed by atoms with Crippen LogP contribution in [0, 0.1) is 0 Å². The van der Waals surface area contributed by atoms with Gasteiger partial charge in [-0.2, -0.15) is 0 Å². The second kappa shape index (κ2) is 16.7. The number of rotatable bonds is 9. The van der Waals surface area contributed by atoms with Gasteiger partial charge in [0.25, 0.3) is 0 Å². The molecule has 0 saturated heterocycles. The van der Waals surface area contributed by atoms with E-state index in [0.29, 0.717) is 0 Å². The smallest absolute Gasteiger partial charge is 0.136 e. The Labute approximate surface area is 402 Å². The van der Waals surface area contributed by atoms with Crippen LogP contribution in [0.15, 0.2) is 277 Å². The van der Waals surface area contributed by atoms with Gasteiger partial charge >= 0.3 is 0 Å². The van der Waals surface area contributed by atoms with Crippen molar-refractivity contribution in [1.82, 2.24) is 0 Å². The quantitative estimate of drug-likeness (QED) is 0.144. The number of hydrogen-bond donors (Lipinski definition) is 0. The number of hydrogen-bond acceptors (Lipinski definition) is 2. The third-order valence-electron chi connectivity index (χ3n) is 14.2. The molecule has 0 fully saturated rings. The van der Waals surface area contributed by atoms with Crippen molar-refractivity contribution in [3.05, 3.63) is 295 Å². The zero-order chi connectivity index (χ0) is 45.7. The van der Waals surface area contributed by atoms with Crippen LogP contribution in [0.4, 0.5) is 17.1 Å². The Hall–Kier alpha value is -8.98. The number of anilines is 3. The Morgan fingerprint density at radius 1 is 0.290 bits per heavy atom. The van der Waals surface area contributed by atoms with E-state index in [9.17, 15) is 0 Å². The monoisotopic (exact) mass is 879 g/mol. The second-order valence-corrected chi connectivity index (χ2v) is 17.9. The number of nitrogens with zero attached hydrogens (tertiary/aromatic N) is 1. The molecule has 11 aromatic carbocycles. The van der Waals surface area contributed by atoms with Gasteiger partial charge < -0.3 is 9.32 Å². The molecule has 0 atom stereocenters. The maximum Gasteiger partial charge on any atom is 0.136 e. The summed E-state index contributed by atoms with van der Waals surface area (Å²) < 4.78 is 6.31. The first-order valence-corrected chi connectivity index (χ1v) is 23.7. The Bertz CT molecular complexity index is 3760. The first kappa shape index (κ1) is 40.3. The van der Waals surface area contributed by atoms with Crippen LogP contribution in [-0.2, 0) is 5.41 Å². The highest BCUT2D eigenvalue weighted by Gasteiger charge is 2.46. The lowest BCUT2D eigenvalue weighted by Crippen LogP contribution is -2.28. The van der Waals surface area contributed by atoms with Crippen molar-refractivity contribution in [2.75, 3.05) is 4.90 Å². The minimum Gasteiger partial charge on any atom is -0.456 e. The van der Waals surface area contributed by atoms with Crippen LogP contribution in [-0.4, -0.2) is 0 Å². The van der Waals surface area contributed by atoms with Crippen molar-refractivity contribution in [3.63, 3.8) is 0 Å². The van der Waals surface area contributed by atoms with Gasteiger partial charge in [-0.3, -0.25) is 0 Å². The summed E-state index contributed by atoms with van der Waals surface area (Å²) in [4.78, 5) is 2.41. The summed E-state index contributed by atoms with van der Waals surface area (Å²) in [7, 11) is 0. The van der Waals surface area contributed by atoms with Gasteiger partial charge in [0.2, 0.25) is 0 Å². The molecule has 0 N–H and O–H groups in total. The zero-order valence-corrected chi connectivity index (χ0v) is 37.8. The van der Waals surface area contributed by atoms with Crippen LogP contribution in [0.1, 0.15) is 22.3 Å². The molecule has 324 valence electrons. The fourth-order valence-corrected chi connectivity index (χ4v) is 11.1. The number of benzene rings is 11. The van der Waals surface area contributed by atoms with E-state index in [1.165, 1.54) is 55.6 Å². The molecule has 2 nitrogen and oxygen atoms in total. The summed E-state index contributed by atoms with van der Waals surface area (Å²) in [6.45, 7) is 0. The highest BCUT2D eigenvalue weighted by Crippen LogP contribution is 2.58. The minimum absolute atomic E-state index is 0.466. The third-order valence-corrected chi connectivity index (χ3v) is 14.2. The molecule has 0 aliphatic heterocycles. The van der Waals surface area contributed by atoms with Crippen LogP contribution in [0.2, 0.25) is 0 Å². The molecule has 1 aliphatic carbocycles. The molecule has 0 amide bonds. The molecule has 13 rings (SSSR count). The van der Waals surface area contributed by atoms with Crippen molar-refractivity contribution in [2.45, 2.75) is 5.41 Å². The summed E-state index contributed by atoms with van der Waals surface area (Å²) in [5.74, 6) is 0. The molecule has 0 bridgehead atoms. The molecule has 1 aromatic heterocycles. The predicted octanol–water partition coefficient (Wildman–Crippen LogP) is 18.1. The molecular formula is C67H45NO. The number of fused-ring (bicyclic) bond motifs is 6. The maximum absolute atomic E-state index is 6.31. The first-order valence-electron chi connectivity index (χ1n) is 23.7. The SMILES string of the molecule is c1ccc(-c2ccc(-c3ccccc3N(c3ccc(-c4cccc5c4-c4ccccc4C5(c4ccccc4)c4ccccc4)cc3)c3ccc(-c4cccc5oc6ccccc6c45)cc3)cc2)cc1. The molecule has 0 radical (unpaired) electrons. The van der Waals surface area contributed by atoms with Gasteiger partial charge in [-0.1, -0.05) is 231 Å². The van der Waals surface area contributed by atoms with Gasteiger partial charge in [-0.25, -0.2) is 0 Å². The highest BCUT2D eigenvalue weighted by atomic mass is 16.3. The van der Waals surface area contributed by atoms with E-state index in [2.05, 4.69) is 266 Å². The number of para-hydroxylation sites is 2. The Kier molecular flexibility index (Phi) is 9.77. The Balaban J connectivity index is 0.951. The van der Waals surface area contributed by atoms with Crippen molar-refractivity contribution in [1.29, 1.82) is 0 Å². The van der Waals surface area contributed by atoms with Crippen LogP contribution >= 0.6 is 0 Å². The van der Waals surface area contributed by atoms with Gasteiger partial charge in [0.05, 0.1) is 11.1 Å². The zero-order valence-electron chi connectivity index (χ0n) is 37.8. The van der Waals surface area contributed by atoms with E-state index in [1.54, 1.807) is 0 Å². The highest BCUT2D eigenvalue weighted by molar-refractivity contribution is 6.12. The lowest BCUT2D eigenvalue weighted by Gasteiger charge is -2.34. The Morgan fingerprint density at radius 3 is 1.43 bits per heavy atom. The average Bonchev–Trinajstić information content (AvgIpc) is 3.97. The van der Waals surface area contributed by atoms with E-state index < -0.39 is 5.41 Å². The molecule has 1 heterocycles. The summed E-state index contributed by atoms with van der Waals surface area (Å²) >= 11 is 0. The molecule has 2 heteroatoms. The topological polar surface area (TPSA) is 16.4 Å². The molecule has 69 heavy (non-hydrogen) atoms. The third kappa shape index (κ3) is 6.64. The van der Waals surface area contributed by atoms with Gasteiger partial charge in [0.15, 0.2) is 0 Å². The second-order valence-electron chi connectivity index (χ2n) is 17.9. The van der Waals surface area contributed by atoms with Crippen molar-refractivity contribution >= 4 is 39.0 Å². The molecule has 0 saturated carbocycles. The Morgan fingerprint density at radius 2 is 0.739 bits per heavy atom. The molecule has 12 aromatic rings. The lowest BCUT2D eigenvalue weighted by atomic mass is 9.67. The summed E-state index contributed by atoms with van der Waals surface area (Å²) in [5.41, 5.74) is 21.6. The van der Waals surface area contributed by atoms with E-state index in [0.717, 1.165) is 61.3 Å². The largest absolute Gasteiger partial charge is 0.456 e. The van der Waals surface area contributed by atoms with E-state index in [1.807, 2.05) is 12.1 Å². The molecular weight excluding hydrogens is 835 g/mol. The van der Waals surface area contributed by atoms with Crippen molar-refractivity contribution in [3.8, 4) is 55.6 Å². The van der Waals surface area contributed by atoms with Gasteiger partial charge in [-0.05, 0) is 115 Å². The van der Waals surface area contributed by atoms with Crippen LogP contribution in [0.3, 0.4) is 0 Å². The van der Waals surface area contributed by atoms with E-state index in [-0.39, 0.29) is 0 Å². The lowest BCUT2D eigenvalue weighted by molar-refractivity contribution is 0.669. The van der Waals surface area contributed by atoms with Gasteiger partial charge in [0, 0.05) is 27.7 Å². The first-order chi connectivity index (χ1) is 34.2. The van der Waals surface area contributed by atoms with Gasteiger partial charge in [-0.15, -0.1) is 0 Å².